The number of carbonyl (C=O) groups is 1. The number of rotatable bonds is 4. The SMILES string of the molecule is CN(C(=O)c1n[nH]c2c1CCC2)[C@@H]1CCC[C@@H](Oc2cccnc2)[C@@H]1O. The first-order chi connectivity index (χ1) is 12.6. The third kappa shape index (κ3) is 3.07. The number of aromatic nitrogens is 3. The third-order valence-electron chi connectivity index (χ3n) is 5.51. The Kier molecular flexibility index (Phi) is 4.63. The zero-order valence-electron chi connectivity index (χ0n) is 14.9. The first-order valence-electron chi connectivity index (χ1n) is 9.23. The largest absolute Gasteiger partial charge is 0.486 e. The molecule has 2 aliphatic carbocycles. The van der Waals surface area contributed by atoms with Gasteiger partial charge in [-0.05, 0) is 50.7 Å². The van der Waals surface area contributed by atoms with Crippen molar-refractivity contribution in [2.24, 2.45) is 0 Å². The number of carbonyl (C=O) groups excluding carboxylic acids is 1. The number of amides is 1. The fourth-order valence-corrected chi connectivity index (χ4v) is 4.07. The molecule has 26 heavy (non-hydrogen) atoms. The molecule has 2 aromatic rings. The van der Waals surface area contributed by atoms with Crippen LogP contribution < -0.4 is 4.74 Å². The van der Waals surface area contributed by atoms with Crippen LogP contribution in [-0.4, -0.2) is 56.4 Å². The maximum atomic E-state index is 13.0. The van der Waals surface area contributed by atoms with Gasteiger partial charge in [0.05, 0.1) is 12.2 Å². The van der Waals surface area contributed by atoms with Crippen molar-refractivity contribution < 1.29 is 14.6 Å². The molecule has 1 fully saturated rings. The van der Waals surface area contributed by atoms with Crippen molar-refractivity contribution >= 4 is 5.91 Å². The Hall–Kier alpha value is -2.41. The van der Waals surface area contributed by atoms with Crippen LogP contribution in [0, 0.1) is 0 Å². The number of aliphatic hydroxyl groups excluding tert-OH is 1. The van der Waals surface area contributed by atoms with Crippen molar-refractivity contribution in [3.8, 4) is 5.75 Å². The summed E-state index contributed by atoms with van der Waals surface area (Å²) in [5, 5.41) is 18.0. The molecule has 0 spiro atoms. The molecular formula is C19H24N4O3. The van der Waals surface area contributed by atoms with Gasteiger partial charge in [0.25, 0.3) is 5.91 Å². The Balaban J connectivity index is 1.48. The minimum Gasteiger partial charge on any atom is -0.486 e. The van der Waals surface area contributed by atoms with E-state index in [1.807, 2.05) is 6.07 Å². The summed E-state index contributed by atoms with van der Waals surface area (Å²) in [7, 11) is 1.75. The first kappa shape index (κ1) is 17.0. The van der Waals surface area contributed by atoms with Crippen LogP contribution in [-0.2, 0) is 12.8 Å². The fraction of sp³-hybridized carbons (Fsp3) is 0.526. The smallest absolute Gasteiger partial charge is 0.274 e. The molecule has 0 unspecified atom stereocenters. The second kappa shape index (κ2) is 7.07. The lowest BCUT2D eigenvalue weighted by Gasteiger charge is -2.39. The molecule has 7 heteroatoms. The van der Waals surface area contributed by atoms with Gasteiger partial charge in [-0.15, -0.1) is 0 Å². The van der Waals surface area contributed by atoms with Crippen LogP contribution in [0.2, 0.25) is 0 Å². The van der Waals surface area contributed by atoms with E-state index in [1.54, 1.807) is 30.4 Å². The quantitative estimate of drug-likeness (QED) is 0.870. The topological polar surface area (TPSA) is 91.3 Å². The van der Waals surface area contributed by atoms with Crippen molar-refractivity contribution in [3.05, 3.63) is 41.5 Å². The average Bonchev–Trinajstić information content (AvgIpc) is 3.27. The molecule has 138 valence electrons. The molecule has 4 rings (SSSR count). The molecule has 0 bridgehead atoms. The molecule has 0 aliphatic heterocycles. The number of H-pyrrole nitrogens is 1. The summed E-state index contributed by atoms with van der Waals surface area (Å²) < 4.78 is 5.92. The van der Waals surface area contributed by atoms with Crippen LogP contribution in [0.15, 0.2) is 24.5 Å². The van der Waals surface area contributed by atoms with Crippen LogP contribution >= 0.6 is 0 Å². The molecule has 0 radical (unpaired) electrons. The third-order valence-corrected chi connectivity index (χ3v) is 5.51. The van der Waals surface area contributed by atoms with Gasteiger partial charge in [0.15, 0.2) is 5.69 Å². The number of hydrogen-bond donors (Lipinski definition) is 2. The van der Waals surface area contributed by atoms with E-state index in [-0.39, 0.29) is 18.1 Å². The molecule has 0 aromatic carbocycles. The number of pyridine rings is 1. The van der Waals surface area contributed by atoms with Crippen LogP contribution in [0.5, 0.6) is 5.75 Å². The lowest BCUT2D eigenvalue weighted by atomic mass is 9.88. The second-order valence-corrected chi connectivity index (χ2v) is 7.13. The van der Waals surface area contributed by atoms with Crippen molar-refractivity contribution in [1.29, 1.82) is 0 Å². The zero-order chi connectivity index (χ0) is 18.1. The molecule has 2 heterocycles. The fourth-order valence-electron chi connectivity index (χ4n) is 4.07. The molecule has 2 aliphatic rings. The summed E-state index contributed by atoms with van der Waals surface area (Å²) in [6, 6.07) is 3.34. The van der Waals surface area contributed by atoms with Gasteiger partial charge in [-0.1, -0.05) is 0 Å². The number of ether oxygens (including phenoxy) is 1. The van der Waals surface area contributed by atoms with E-state index in [0.717, 1.165) is 49.8 Å². The van der Waals surface area contributed by atoms with E-state index in [9.17, 15) is 9.90 Å². The van der Waals surface area contributed by atoms with E-state index in [4.69, 9.17) is 4.74 Å². The van der Waals surface area contributed by atoms with Gasteiger partial charge in [-0.25, -0.2) is 0 Å². The predicted molar refractivity (Wildman–Crippen MR) is 95.0 cm³/mol. The van der Waals surface area contributed by atoms with Gasteiger partial charge >= 0.3 is 0 Å². The summed E-state index contributed by atoms with van der Waals surface area (Å²) >= 11 is 0. The summed E-state index contributed by atoms with van der Waals surface area (Å²) in [6.45, 7) is 0. The number of aromatic amines is 1. The minimum absolute atomic E-state index is 0.129. The van der Waals surface area contributed by atoms with Crippen molar-refractivity contribution in [2.45, 2.75) is 56.8 Å². The second-order valence-electron chi connectivity index (χ2n) is 7.13. The van der Waals surface area contributed by atoms with Gasteiger partial charge < -0.3 is 14.7 Å². The summed E-state index contributed by atoms with van der Waals surface area (Å²) in [5.41, 5.74) is 2.61. The van der Waals surface area contributed by atoms with Crippen molar-refractivity contribution in [3.63, 3.8) is 0 Å². The lowest BCUT2D eigenvalue weighted by molar-refractivity contribution is -0.0415. The molecule has 2 aromatic heterocycles. The van der Waals surface area contributed by atoms with E-state index in [0.29, 0.717) is 11.4 Å². The van der Waals surface area contributed by atoms with Gasteiger partial charge in [-0.3, -0.25) is 14.9 Å². The van der Waals surface area contributed by atoms with Crippen LogP contribution in [0.25, 0.3) is 0 Å². The van der Waals surface area contributed by atoms with E-state index in [2.05, 4.69) is 15.2 Å². The maximum absolute atomic E-state index is 13.0. The predicted octanol–water partition coefficient (Wildman–Crippen LogP) is 1.73. The van der Waals surface area contributed by atoms with Gasteiger partial charge in [-0.2, -0.15) is 5.10 Å². The van der Waals surface area contributed by atoms with Gasteiger partial charge in [0.2, 0.25) is 0 Å². The average molecular weight is 356 g/mol. The number of aliphatic hydroxyl groups is 1. The van der Waals surface area contributed by atoms with Crippen molar-refractivity contribution in [1.82, 2.24) is 20.1 Å². The van der Waals surface area contributed by atoms with Crippen LogP contribution in [0.4, 0.5) is 0 Å². The Bertz CT molecular complexity index is 776. The number of hydrogen-bond acceptors (Lipinski definition) is 5. The van der Waals surface area contributed by atoms with Crippen LogP contribution in [0.3, 0.4) is 0 Å². The number of nitrogens with one attached hydrogen (secondary N) is 1. The van der Waals surface area contributed by atoms with Crippen LogP contribution in [0.1, 0.15) is 47.4 Å². The highest BCUT2D eigenvalue weighted by Crippen LogP contribution is 2.29. The Morgan fingerprint density at radius 2 is 2.23 bits per heavy atom. The van der Waals surface area contributed by atoms with E-state index < -0.39 is 6.10 Å². The summed E-state index contributed by atoms with van der Waals surface area (Å²) in [5.74, 6) is 0.506. The maximum Gasteiger partial charge on any atom is 0.274 e. The molecule has 2 N–H and O–H groups in total. The molecular weight excluding hydrogens is 332 g/mol. The summed E-state index contributed by atoms with van der Waals surface area (Å²) in [6.07, 6.45) is 7.52. The highest BCUT2D eigenvalue weighted by Gasteiger charge is 2.38. The standard InChI is InChI=1S/C19H24N4O3/c1-23(19(25)17-13-6-2-7-14(13)21-22-17)15-8-3-9-16(18(15)24)26-12-5-4-10-20-11-12/h4-5,10-11,15-16,18,24H,2-3,6-9H2,1H3,(H,21,22)/t15-,16-,18-/m1/s1. The Morgan fingerprint density at radius 1 is 1.35 bits per heavy atom. The number of fused-ring (bicyclic) bond motifs is 1. The van der Waals surface area contributed by atoms with E-state index in [1.165, 1.54) is 0 Å². The molecule has 0 saturated heterocycles. The van der Waals surface area contributed by atoms with E-state index >= 15 is 0 Å². The number of likely N-dealkylation sites (N-methyl/N-ethyl adjacent to an activating group) is 1. The summed E-state index contributed by atoms with van der Waals surface area (Å²) in [4.78, 5) is 18.6. The molecule has 1 saturated carbocycles. The molecule has 1 amide bonds. The zero-order valence-corrected chi connectivity index (χ0v) is 14.9. The monoisotopic (exact) mass is 356 g/mol. The highest BCUT2D eigenvalue weighted by atomic mass is 16.5. The molecule has 7 nitrogen and oxygen atoms in total. The minimum atomic E-state index is -0.745. The van der Waals surface area contributed by atoms with Gasteiger partial charge in [0, 0.05) is 24.5 Å². The van der Waals surface area contributed by atoms with Gasteiger partial charge in [0.1, 0.15) is 18.0 Å². The number of nitrogens with zero attached hydrogens (tertiary/aromatic N) is 3. The first-order valence-corrected chi connectivity index (χ1v) is 9.23. The lowest BCUT2D eigenvalue weighted by Crippen LogP contribution is -2.53. The van der Waals surface area contributed by atoms with Crippen molar-refractivity contribution in [2.75, 3.05) is 7.05 Å². The number of aryl methyl sites for hydroxylation is 1. The Labute approximate surface area is 152 Å². The highest BCUT2D eigenvalue weighted by molar-refractivity contribution is 5.94. The Morgan fingerprint density at radius 3 is 3.04 bits per heavy atom. The normalized spacial score (nSPS) is 24.9. The molecule has 3 atom stereocenters.